The molecule has 0 aromatic rings. The maximum absolute atomic E-state index is 5.55. The maximum Gasteiger partial charge on any atom is 0.0531 e. The predicted octanol–water partition coefficient (Wildman–Crippen LogP) is 2.37. The lowest BCUT2D eigenvalue weighted by Crippen LogP contribution is -2.47. The predicted molar refractivity (Wildman–Crippen MR) is 82.8 cm³/mol. The molecule has 3 atom stereocenters. The number of hydrogen-bond acceptors (Lipinski definition) is 3. The average molecular weight is 280 g/mol. The fourth-order valence-electron chi connectivity index (χ4n) is 5.25. The van der Waals surface area contributed by atoms with Gasteiger partial charge in [-0.1, -0.05) is 6.42 Å². The maximum atomic E-state index is 5.55. The summed E-state index contributed by atoms with van der Waals surface area (Å²) in [4.78, 5) is 2.62. The van der Waals surface area contributed by atoms with Gasteiger partial charge in [0.2, 0.25) is 0 Å². The Morgan fingerprint density at radius 2 is 2.00 bits per heavy atom. The van der Waals surface area contributed by atoms with Gasteiger partial charge in [-0.2, -0.15) is 0 Å². The molecule has 0 spiro atoms. The van der Waals surface area contributed by atoms with Crippen molar-refractivity contribution in [3.63, 3.8) is 0 Å². The van der Waals surface area contributed by atoms with Gasteiger partial charge in [0.1, 0.15) is 0 Å². The van der Waals surface area contributed by atoms with Crippen LogP contribution < -0.4 is 5.32 Å². The van der Waals surface area contributed by atoms with Crippen molar-refractivity contribution in [2.75, 3.05) is 46.9 Å². The van der Waals surface area contributed by atoms with Crippen molar-refractivity contribution in [3.8, 4) is 0 Å². The van der Waals surface area contributed by atoms with Crippen molar-refractivity contribution in [2.45, 2.75) is 38.5 Å². The molecule has 116 valence electrons. The Morgan fingerprint density at radius 1 is 1.20 bits per heavy atom. The van der Waals surface area contributed by atoms with E-state index in [9.17, 15) is 0 Å². The number of methoxy groups -OCH3 is 1. The van der Waals surface area contributed by atoms with Crippen molar-refractivity contribution >= 4 is 0 Å². The Hall–Kier alpha value is -0.120. The lowest BCUT2D eigenvalue weighted by atomic mass is 9.78. The smallest absolute Gasteiger partial charge is 0.0531 e. The second-order valence-electron chi connectivity index (χ2n) is 7.81. The van der Waals surface area contributed by atoms with E-state index in [0.717, 1.165) is 37.5 Å². The van der Waals surface area contributed by atoms with E-state index >= 15 is 0 Å². The van der Waals surface area contributed by atoms with Crippen LogP contribution in [0.25, 0.3) is 0 Å². The molecule has 2 saturated carbocycles. The number of hydrogen-bond donors (Lipinski definition) is 1. The van der Waals surface area contributed by atoms with Crippen LogP contribution in [0.15, 0.2) is 0 Å². The Bertz CT molecular complexity index is 309. The van der Waals surface area contributed by atoms with Crippen molar-refractivity contribution in [1.82, 2.24) is 10.2 Å². The van der Waals surface area contributed by atoms with Crippen LogP contribution in [0.4, 0.5) is 0 Å². The molecular formula is C17H32N2O. The molecule has 3 rings (SSSR count). The highest BCUT2D eigenvalue weighted by molar-refractivity contribution is 4.92. The molecule has 0 aromatic heterocycles. The Balaban J connectivity index is 1.52. The van der Waals surface area contributed by atoms with Crippen LogP contribution >= 0.6 is 0 Å². The third-order valence-electron chi connectivity index (χ3n) is 6.15. The summed E-state index contributed by atoms with van der Waals surface area (Å²) in [5.74, 6) is 3.11. The minimum Gasteiger partial charge on any atom is -0.384 e. The summed E-state index contributed by atoms with van der Waals surface area (Å²) in [7, 11) is 4.20. The third-order valence-corrected chi connectivity index (χ3v) is 6.15. The van der Waals surface area contributed by atoms with Gasteiger partial charge in [-0.05, 0) is 70.0 Å². The quantitative estimate of drug-likeness (QED) is 0.808. The summed E-state index contributed by atoms with van der Waals surface area (Å²) in [6, 6.07) is 0. The highest BCUT2D eigenvalue weighted by atomic mass is 16.5. The summed E-state index contributed by atoms with van der Waals surface area (Å²) >= 11 is 0. The SMILES string of the molecule is COCC1(CN(C)CC2CC3CCC2C3)CCNCC1. The first-order valence-corrected chi connectivity index (χ1v) is 8.59. The molecular weight excluding hydrogens is 248 g/mol. The molecule has 3 fully saturated rings. The van der Waals surface area contributed by atoms with E-state index in [2.05, 4.69) is 17.3 Å². The molecule has 0 radical (unpaired) electrons. The van der Waals surface area contributed by atoms with Crippen LogP contribution in [0, 0.1) is 23.2 Å². The van der Waals surface area contributed by atoms with E-state index in [1.807, 2.05) is 7.11 Å². The van der Waals surface area contributed by atoms with Crippen molar-refractivity contribution < 1.29 is 4.74 Å². The molecule has 2 bridgehead atoms. The van der Waals surface area contributed by atoms with Crippen LogP contribution in [0.1, 0.15) is 38.5 Å². The van der Waals surface area contributed by atoms with Gasteiger partial charge in [-0.3, -0.25) is 0 Å². The first kappa shape index (κ1) is 14.8. The van der Waals surface area contributed by atoms with E-state index < -0.39 is 0 Å². The number of rotatable bonds is 6. The second kappa shape index (κ2) is 6.33. The Morgan fingerprint density at radius 3 is 2.60 bits per heavy atom. The largest absolute Gasteiger partial charge is 0.384 e. The number of ether oxygens (including phenoxy) is 1. The fourth-order valence-corrected chi connectivity index (χ4v) is 5.25. The highest BCUT2D eigenvalue weighted by Gasteiger charge is 2.40. The highest BCUT2D eigenvalue weighted by Crippen LogP contribution is 2.48. The molecule has 1 N–H and O–H groups in total. The molecule has 20 heavy (non-hydrogen) atoms. The number of nitrogens with one attached hydrogen (secondary N) is 1. The van der Waals surface area contributed by atoms with Gasteiger partial charge >= 0.3 is 0 Å². The van der Waals surface area contributed by atoms with Crippen LogP contribution in [0.3, 0.4) is 0 Å². The molecule has 1 saturated heterocycles. The van der Waals surface area contributed by atoms with Gasteiger partial charge < -0.3 is 15.0 Å². The zero-order chi connectivity index (χ0) is 14.0. The monoisotopic (exact) mass is 280 g/mol. The Kier molecular flexibility index (Phi) is 4.68. The standard InChI is InChI=1S/C17H32N2O/c1-19(11-16-10-14-3-4-15(16)9-14)12-17(13-20-2)5-7-18-8-6-17/h14-16,18H,3-13H2,1-2H3. The van der Waals surface area contributed by atoms with Gasteiger partial charge in [-0.15, -0.1) is 0 Å². The summed E-state index contributed by atoms with van der Waals surface area (Å²) in [6.07, 6.45) is 8.60. The van der Waals surface area contributed by atoms with Gasteiger partial charge in [0.25, 0.3) is 0 Å². The number of fused-ring (bicyclic) bond motifs is 2. The minimum absolute atomic E-state index is 0.395. The molecule has 0 aromatic carbocycles. The van der Waals surface area contributed by atoms with Gasteiger partial charge in [-0.25, -0.2) is 0 Å². The molecule has 3 aliphatic rings. The molecule has 1 heterocycles. The molecule has 0 amide bonds. The van der Waals surface area contributed by atoms with Crippen molar-refractivity contribution in [3.05, 3.63) is 0 Å². The molecule has 2 aliphatic carbocycles. The van der Waals surface area contributed by atoms with Gasteiger partial charge in [0.05, 0.1) is 6.61 Å². The average Bonchev–Trinajstić information content (AvgIpc) is 3.02. The first-order valence-electron chi connectivity index (χ1n) is 8.59. The topological polar surface area (TPSA) is 24.5 Å². The summed E-state index contributed by atoms with van der Waals surface area (Å²) in [5.41, 5.74) is 0.395. The lowest BCUT2D eigenvalue weighted by molar-refractivity contribution is 0.0233. The molecule has 3 heteroatoms. The van der Waals surface area contributed by atoms with Crippen LogP contribution in [-0.4, -0.2) is 51.8 Å². The van der Waals surface area contributed by atoms with Crippen molar-refractivity contribution in [1.29, 1.82) is 0 Å². The molecule has 3 nitrogen and oxygen atoms in total. The van der Waals surface area contributed by atoms with Gasteiger partial charge in [0, 0.05) is 25.6 Å². The second-order valence-corrected chi connectivity index (χ2v) is 7.81. The van der Waals surface area contributed by atoms with E-state index in [-0.39, 0.29) is 0 Å². The van der Waals surface area contributed by atoms with Crippen LogP contribution in [0.2, 0.25) is 0 Å². The van der Waals surface area contributed by atoms with Crippen LogP contribution in [-0.2, 0) is 4.74 Å². The normalized spacial score (nSPS) is 35.9. The fraction of sp³-hybridized carbons (Fsp3) is 1.00. The molecule has 1 aliphatic heterocycles. The van der Waals surface area contributed by atoms with E-state index in [1.165, 1.54) is 51.6 Å². The number of piperidine rings is 1. The first-order chi connectivity index (χ1) is 9.71. The zero-order valence-electron chi connectivity index (χ0n) is 13.4. The molecule has 3 unspecified atom stereocenters. The summed E-state index contributed by atoms with van der Waals surface area (Å²) in [5, 5.41) is 3.49. The Labute approximate surface area is 124 Å². The van der Waals surface area contributed by atoms with Crippen molar-refractivity contribution in [2.24, 2.45) is 23.2 Å². The van der Waals surface area contributed by atoms with E-state index in [0.29, 0.717) is 5.41 Å². The summed E-state index contributed by atoms with van der Waals surface area (Å²) in [6.45, 7) is 5.78. The van der Waals surface area contributed by atoms with Gasteiger partial charge in [0.15, 0.2) is 0 Å². The van der Waals surface area contributed by atoms with E-state index in [4.69, 9.17) is 4.74 Å². The minimum atomic E-state index is 0.395. The third kappa shape index (κ3) is 3.20. The van der Waals surface area contributed by atoms with E-state index in [1.54, 1.807) is 0 Å². The summed E-state index contributed by atoms with van der Waals surface area (Å²) < 4.78 is 5.55. The zero-order valence-corrected chi connectivity index (χ0v) is 13.4. The number of nitrogens with zero attached hydrogens (tertiary/aromatic N) is 1. The van der Waals surface area contributed by atoms with Crippen LogP contribution in [0.5, 0.6) is 0 Å². The lowest BCUT2D eigenvalue weighted by Gasteiger charge is -2.41.